The van der Waals surface area contributed by atoms with Crippen LogP contribution in [0, 0.1) is 0 Å². The van der Waals surface area contributed by atoms with Crippen molar-refractivity contribution in [3.8, 4) is 0 Å². The number of rotatable bonds is 3. The van der Waals surface area contributed by atoms with E-state index in [1.807, 2.05) is 4.90 Å². The molecule has 1 amide bonds. The zero-order valence-corrected chi connectivity index (χ0v) is 8.46. The Hall–Kier alpha value is -0.790. The molecule has 1 heterocycles. The minimum atomic E-state index is 0.109. The van der Waals surface area contributed by atoms with Gasteiger partial charge in [-0.3, -0.25) is 4.79 Å². The van der Waals surface area contributed by atoms with E-state index in [2.05, 4.69) is 13.5 Å². The van der Waals surface area contributed by atoms with Crippen molar-refractivity contribution in [3.05, 3.63) is 12.7 Å². The molecular formula is C11H19NO. The Morgan fingerprint density at radius 2 is 2.38 bits per heavy atom. The molecule has 1 fully saturated rings. The van der Waals surface area contributed by atoms with Gasteiger partial charge >= 0.3 is 0 Å². The molecule has 1 unspecified atom stereocenters. The van der Waals surface area contributed by atoms with E-state index in [1.54, 1.807) is 0 Å². The molecule has 2 heteroatoms. The zero-order chi connectivity index (χ0) is 9.68. The van der Waals surface area contributed by atoms with Crippen LogP contribution < -0.4 is 0 Å². The molecule has 0 saturated carbocycles. The zero-order valence-electron chi connectivity index (χ0n) is 8.46. The molecule has 1 saturated heterocycles. The van der Waals surface area contributed by atoms with E-state index in [0.717, 1.165) is 25.8 Å². The molecule has 2 nitrogen and oxygen atoms in total. The van der Waals surface area contributed by atoms with Gasteiger partial charge in [-0.25, -0.2) is 0 Å². The van der Waals surface area contributed by atoms with Gasteiger partial charge in [0.1, 0.15) is 0 Å². The number of carbonyl (C=O) groups excluding carboxylic acids is 1. The highest BCUT2D eigenvalue weighted by Crippen LogP contribution is 2.20. The first kappa shape index (κ1) is 10.3. The van der Waals surface area contributed by atoms with Crippen LogP contribution >= 0.6 is 0 Å². The number of amides is 1. The van der Waals surface area contributed by atoms with Crippen LogP contribution in [0.15, 0.2) is 12.7 Å². The summed E-state index contributed by atoms with van der Waals surface area (Å²) >= 11 is 0. The maximum Gasteiger partial charge on any atom is 0.246 e. The first-order valence-corrected chi connectivity index (χ1v) is 5.22. The molecule has 1 aliphatic rings. The normalized spacial score (nSPS) is 22.8. The topological polar surface area (TPSA) is 20.3 Å². The highest BCUT2D eigenvalue weighted by Gasteiger charge is 2.23. The molecule has 0 radical (unpaired) electrons. The molecule has 0 aliphatic carbocycles. The second-order valence-electron chi connectivity index (χ2n) is 3.67. The number of carbonyl (C=O) groups is 1. The van der Waals surface area contributed by atoms with Crippen LogP contribution in [-0.2, 0) is 4.79 Å². The van der Waals surface area contributed by atoms with Crippen LogP contribution in [0.3, 0.4) is 0 Å². The lowest BCUT2D eigenvalue weighted by Crippen LogP contribution is -2.42. The number of nitrogens with zero attached hydrogens (tertiary/aromatic N) is 1. The van der Waals surface area contributed by atoms with Crippen LogP contribution in [0.4, 0.5) is 0 Å². The fourth-order valence-electron chi connectivity index (χ4n) is 2.04. The smallest absolute Gasteiger partial charge is 0.246 e. The molecule has 0 bridgehead atoms. The van der Waals surface area contributed by atoms with E-state index in [0.29, 0.717) is 6.04 Å². The second kappa shape index (κ2) is 5.05. The third kappa shape index (κ3) is 2.58. The summed E-state index contributed by atoms with van der Waals surface area (Å²) in [6.07, 6.45) is 7.33. The summed E-state index contributed by atoms with van der Waals surface area (Å²) in [5, 5.41) is 0. The van der Waals surface area contributed by atoms with Crippen molar-refractivity contribution >= 4 is 5.91 Å². The van der Waals surface area contributed by atoms with E-state index in [4.69, 9.17) is 0 Å². The first-order chi connectivity index (χ1) is 6.29. The fraction of sp³-hybridized carbons (Fsp3) is 0.727. The highest BCUT2D eigenvalue weighted by molar-refractivity contribution is 5.87. The van der Waals surface area contributed by atoms with Gasteiger partial charge in [-0.15, -0.1) is 0 Å². The summed E-state index contributed by atoms with van der Waals surface area (Å²) in [5.41, 5.74) is 0. The molecule has 0 aromatic rings. The molecule has 0 spiro atoms. The molecule has 1 rings (SSSR count). The lowest BCUT2D eigenvalue weighted by Gasteiger charge is -2.35. The van der Waals surface area contributed by atoms with Crippen LogP contribution in [0.2, 0.25) is 0 Å². The monoisotopic (exact) mass is 181 g/mol. The maximum absolute atomic E-state index is 11.5. The Morgan fingerprint density at radius 3 is 3.00 bits per heavy atom. The van der Waals surface area contributed by atoms with Gasteiger partial charge in [0.05, 0.1) is 0 Å². The molecule has 1 atom stereocenters. The largest absolute Gasteiger partial charge is 0.336 e. The van der Waals surface area contributed by atoms with E-state index in [1.165, 1.54) is 18.9 Å². The predicted molar refractivity (Wildman–Crippen MR) is 54.5 cm³/mol. The summed E-state index contributed by atoms with van der Waals surface area (Å²) in [7, 11) is 0. The predicted octanol–water partition coefficient (Wildman–Crippen LogP) is 2.35. The molecule has 13 heavy (non-hydrogen) atoms. The number of piperidine rings is 1. The van der Waals surface area contributed by atoms with Crippen molar-refractivity contribution in [3.63, 3.8) is 0 Å². The van der Waals surface area contributed by atoms with Crippen LogP contribution in [0.5, 0.6) is 0 Å². The van der Waals surface area contributed by atoms with Gasteiger partial charge < -0.3 is 4.90 Å². The first-order valence-electron chi connectivity index (χ1n) is 5.22. The summed E-state index contributed by atoms with van der Waals surface area (Å²) in [4.78, 5) is 13.4. The van der Waals surface area contributed by atoms with Gasteiger partial charge in [-0.2, -0.15) is 0 Å². The minimum absolute atomic E-state index is 0.109. The Kier molecular flexibility index (Phi) is 4.00. The summed E-state index contributed by atoms with van der Waals surface area (Å²) in [6, 6.07) is 0.476. The maximum atomic E-state index is 11.5. The van der Waals surface area contributed by atoms with Crippen LogP contribution in [0.1, 0.15) is 39.0 Å². The van der Waals surface area contributed by atoms with Crippen molar-refractivity contribution in [2.75, 3.05) is 6.54 Å². The number of hydrogen-bond donors (Lipinski definition) is 0. The van der Waals surface area contributed by atoms with Gasteiger partial charge in [0.25, 0.3) is 0 Å². The quantitative estimate of drug-likeness (QED) is 0.612. The second-order valence-corrected chi connectivity index (χ2v) is 3.67. The van der Waals surface area contributed by atoms with E-state index >= 15 is 0 Å². The van der Waals surface area contributed by atoms with Crippen LogP contribution in [0.25, 0.3) is 0 Å². The van der Waals surface area contributed by atoms with Crippen molar-refractivity contribution in [2.24, 2.45) is 0 Å². The van der Waals surface area contributed by atoms with E-state index in [9.17, 15) is 4.79 Å². The summed E-state index contributed by atoms with van der Waals surface area (Å²) < 4.78 is 0. The molecular weight excluding hydrogens is 162 g/mol. The highest BCUT2D eigenvalue weighted by atomic mass is 16.2. The van der Waals surface area contributed by atoms with Gasteiger partial charge in [0.2, 0.25) is 5.91 Å². The van der Waals surface area contributed by atoms with Gasteiger partial charge in [0.15, 0.2) is 0 Å². The third-order valence-electron chi connectivity index (χ3n) is 2.71. The summed E-state index contributed by atoms with van der Waals surface area (Å²) in [6.45, 7) is 6.64. The van der Waals surface area contributed by atoms with Crippen molar-refractivity contribution in [1.29, 1.82) is 0 Å². The average molecular weight is 181 g/mol. The Labute approximate surface area is 80.6 Å². The number of likely N-dealkylation sites (tertiary alicyclic amines) is 1. The lowest BCUT2D eigenvalue weighted by molar-refractivity contribution is -0.129. The molecule has 0 N–H and O–H groups in total. The van der Waals surface area contributed by atoms with E-state index in [-0.39, 0.29) is 5.91 Å². The van der Waals surface area contributed by atoms with Crippen molar-refractivity contribution < 1.29 is 4.79 Å². The Bertz CT molecular complexity index is 187. The van der Waals surface area contributed by atoms with Crippen LogP contribution in [-0.4, -0.2) is 23.4 Å². The summed E-state index contributed by atoms with van der Waals surface area (Å²) in [5.74, 6) is 0.109. The molecule has 0 aromatic carbocycles. The Balaban J connectivity index is 2.55. The molecule has 1 aliphatic heterocycles. The lowest BCUT2D eigenvalue weighted by atomic mass is 9.98. The number of hydrogen-bond acceptors (Lipinski definition) is 1. The van der Waals surface area contributed by atoms with Crippen molar-refractivity contribution in [1.82, 2.24) is 4.90 Å². The van der Waals surface area contributed by atoms with Gasteiger partial charge in [-0.1, -0.05) is 19.9 Å². The third-order valence-corrected chi connectivity index (χ3v) is 2.71. The van der Waals surface area contributed by atoms with Gasteiger partial charge in [0, 0.05) is 12.6 Å². The Morgan fingerprint density at radius 1 is 1.62 bits per heavy atom. The minimum Gasteiger partial charge on any atom is -0.336 e. The van der Waals surface area contributed by atoms with E-state index < -0.39 is 0 Å². The van der Waals surface area contributed by atoms with Crippen molar-refractivity contribution in [2.45, 2.75) is 45.1 Å². The average Bonchev–Trinajstić information content (AvgIpc) is 2.18. The fourth-order valence-corrected chi connectivity index (χ4v) is 2.04. The molecule has 74 valence electrons. The standard InChI is InChI=1S/C11H19NO/c1-3-7-10-8-5-6-9-12(10)11(13)4-2/h4,10H,2-3,5-9H2,1H3. The SMILES string of the molecule is C=CC(=O)N1CCCCC1CCC. The van der Waals surface area contributed by atoms with Gasteiger partial charge in [-0.05, 0) is 31.8 Å². The molecule has 0 aromatic heterocycles.